The molecule has 2 amide bonds. The van der Waals surface area contributed by atoms with Gasteiger partial charge in [-0.05, 0) is 75.6 Å². The van der Waals surface area contributed by atoms with Crippen LogP contribution in [0.3, 0.4) is 0 Å². The van der Waals surface area contributed by atoms with Crippen LogP contribution in [0.4, 0.5) is 10.1 Å². The minimum atomic E-state index is -0.857. The van der Waals surface area contributed by atoms with Gasteiger partial charge in [0.15, 0.2) is 11.6 Å². The second-order valence-electron chi connectivity index (χ2n) is 11.4. The van der Waals surface area contributed by atoms with Gasteiger partial charge in [-0.2, -0.15) is 0 Å². The van der Waals surface area contributed by atoms with E-state index in [1.54, 1.807) is 19.1 Å². The molecule has 2 saturated carbocycles. The summed E-state index contributed by atoms with van der Waals surface area (Å²) in [6.07, 6.45) is 8.24. The number of aliphatic carboxylic acids is 1. The third-order valence-corrected chi connectivity index (χ3v) is 8.58. The van der Waals surface area contributed by atoms with Gasteiger partial charge < -0.3 is 25.2 Å². The van der Waals surface area contributed by atoms with E-state index in [2.05, 4.69) is 10.6 Å². The maximum atomic E-state index is 14.9. The summed E-state index contributed by atoms with van der Waals surface area (Å²) in [5.74, 6) is -2.22. The second kappa shape index (κ2) is 13.6. The number of halogens is 2. The standard InChI is InChI=1S/C31H38ClFN2O6/c1-31(30(38)39)13-11-21(12-14-31)41-27-16-23(26(40-2)17-24(27)33)29(37)35-25-15-20(32)9-10-22(25)28(36)34-18-19-7-5-3-4-6-8-19/h9-10,15-17,19,21H,3-8,11-14,18H2,1-2H3,(H,34,36)(H,35,37)(H,38,39)/t21-,31+. The average molecular weight is 589 g/mol. The molecule has 0 atom stereocenters. The molecule has 0 aromatic heterocycles. The van der Waals surface area contributed by atoms with Gasteiger partial charge in [-0.25, -0.2) is 4.39 Å². The lowest BCUT2D eigenvalue weighted by molar-refractivity contribution is -0.150. The van der Waals surface area contributed by atoms with E-state index < -0.39 is 29.2 Å². The van der Waals surface area contributed by atoms with E-state index in [-0.39, 0.29) is 34.2 Å². The van der Waals surface area contributed by atoms with Crippen LogP contribution >= 0.6 is 11.6 Å². The normalized spacial score (nSPS) is 21.4. The highest BCUT2D eigenvalue weighted by Crippen LogP contribution is 2.39. The number of hydrogen-bond donors (Lipinski definition) is 3. The van der Waals surface area contributed by atoms with Crippen LogP contribution in [-0.4, -0.2) is 42.6 Å². The smallest absolute Gasteiger partial charge is 0.309 e. The first-order valence-electron chi connectivity index (χ1n) is 14.3. The molecule has 2 aromatic rings. The SMILES string of the molecule is COc1cc(F)c(O[C@H]2CC[C@@](C)(C(=O)O)CC2)cc1C(=O)Nc1cc(Cl)ccc1C(=O)NCC1CCCCCC1. The van der Waals surface area contributed by atoms with Gasteiger partial charge in [-0.15, -0.1) is 0 Å². The number of rotatable bonds is 9. The fourth-order valence-electron chi connectivity index (χ4n) is 5.62. The molecule has 222 valence electrons. The number of ether oxygens (including phenoxy) is 2. The summed E-state index contributed by atoms with van der Waals surface area (Å²) in [6, 6.07) is 6.99. The third kappa shape index (κ3) is 7.70. The third-order valence-electron chi connectivity index (χ3n) is 8.35. The lowest BCUT2D eigenvalue weighted by Gasteiger charge is -2.34. The Bertz CT molecular complexity index is 1270. The lowest BCUT2D eigenvalue weighted by atomic mass is 9.75. The van der Waals surface area contributed by atoms with Crippen LogP contribution in [0.25, 0.3) is 0 Å². The number of carbonyl (C=O) groups is 3. The van der Waals surface area contributed by atoms with E-state index in [1.807, 2.05) is 0 Å². The van der Waals surface area contributed by atoms with Crippen molar-refractivity contribution in [3.8, 4) is 11.5 Å². The van der Waals surface area contributed by atoms with Crippen LogP contribution in [0.5, 0.6) is 11.5 Å². The summed E-state index contributed by atoms with van der Waals surface area (Å²) in [4.78, 5) is 38.1. The topological polar surface area (TPSA) is 114 Å². The van der Waals surface area contributed by atoms with Crippen LogP contribution < -0.4 is 20.1 Å². The number of methoxy groups -OCH3 is 1. The van der Waals surface area contributed by atoms with Crippen molar-refractivity contribution in [3.05, 3.63) is 52.3 Å². The van der Waals surface area contributed by atoms with Crippen LogP contribution in [0.2, 0.25) is 5.02 Å². The first kappa shape index (κ1) is 30.6. The maximum Gasteiger partial charge on any atom is 0.309 e. The molecule has 0 spiro atoms. The molecule has 0 aliphatic heterocycles. The number of carboxylic acid groups (broad SMARTS) is 1. The number of nitrogens with one attached hydrogen (secondary N) is 2. The molecule has 2 aliphatic rings. The van der Waals surface area contributed by atoms with E-state index in [0.29, 0.717) is 43.2 Å². The van der Waals surface area contributed by atoms with Gasteiger partial charge in [0.25, 0.3) is 11.8 Å². The highest BCUT2D eigenvalue weighted by Gasteiger charge is 2.38. The van der Waals surface area contributed by atoms with E-state index in [1.165, 1.54) is 32.1 Å². The van der Waals surface area contributed by atoms with Crippen LogP contribution in [0, 0.1) is 17.2 Å². The summed E-state index contributed by atoms with van der Waals surface area (Å²) in [6.45, 7) is 2.26. The fourth-order valence-corrected chi connectivity index (χ4v) is 5.79. The van der Waals surface area contributed by atoms with Gasteiger partial charge in [0.2, 0.25) is 0 Å². The Labute approximate surface area is 244 Å². The molecular weight excluding hydrogens is 551 g/mol. The first-order valence-corrected chi connectivity index (χ1v) is 14.6. The predicted molar refractivity (Wildman–Crippen MR) is 155 cm³/mol. The first-order chi connectivity index (χ1) is 19.6. The van der Waals surface area contributed by atoms with Crippen molar-refractivity contribution in [1.29, 1.82) is 0 Å². The Morgan fingerprint density at radius 2 is 1.66 bits per heavy atom. The second-order valence-corrected chi connectivity index (χ2v) is 11.8. The molecule has 4 rings (SSSR count). The zero-order valence-corrected chi connectivity index (χ0v) is 24.3. The largest absolute Gasteiger partial charge is 0.496 e. The Morgan fingerprint density at radius 3 is 2.29 bits per heavy atom. The summed E-state index contributed by atoms with van der Waals surface area (Å²) >= 11 is 6.21. The summed E-state index contributed by atoms with van der Waals surface area (Å²) in [5.41, 5.74) is -0.340. The fraction of sp³-hybridized carbons (Fsp3) is 0.516. The number of hydrogen-bond acceptors (Lipinski definition) is 5. The van der Waals surface area contributed by atoms with Crippen molar-refractivity contribution in [1.82, 2.24) is 5.32 Å². The quantitative estimate of drug-likeness (QED) is 0.276. The van der Waals surface area contributed by atoms with Gasteiger partial charge in [0.05, 0.1) is 35.4 Å². The molecule has 0 radical (unpaired) electrons. The Kier molecular flexibility index (Phi) is 10.1. The maximum absolute atomic E-state index is 14.9. The molecule has 3 N–H and O–H groups in total. The van der Waals surface area contributed by atoms with Crippen LogP contribution in [0.15, 0.2) is 30.3 Å². The number of amides is 2. The highest BCUT2D eigenvalue weighted by molar-refractivity contribution is 6.31. The summed E-state index contributed by atoms with van der Waals surface area (Å²) < 4.78 is 26.1. The molecule has 0 saturated heterocycles. The molecule has 0 unspecified atom stereocenters. The zero-order valence-electron chi connectivity index (χ0n) is 23.6. The van der Waals surface area contributed by atoms with Crippen LogP contribution in [-0.2, 0) is 4.79 Å². The van der Waals surface area contributed by atoms with E-state index >= 15 is 0 Å². The predicted octanol–water partition coefficient (Wildman–Crippen LogP) is 6.85. The molecule has 0 heterocycles. The van der Waals surface area contributed by atoms with Crippen molar-refractivity contribution >= 4 is 35.1 Å². The molecule has 10 heteroatoms. The number of carbonyl (C=O) groups excluding carboxylic acids is 2. The molecule has 2 aromatic carbocycles. The van der Waals surface area contributed by atoms with E-state index in [4.69, 9.17) is 21.1 Å². The van der Waals surface area contributed by atoms with E-state index in [9.17, 15) is 23.9 Å². The van der Waals surface area contributed by atoms with Crippen LogP contribution in [0.1, 0.15) is 91.8 Å². The summed E-state index contributed by atoms with van der Waals surface area (Å²) in [5, 5.41) is 15.5. The van der Waals surface area contributed by atoms with E-state index in [0.717, 1.165) is 31.7 Å². The van der Waals surface area contributed by atoms with Gasteiger partial charge in [0.1, 0.15) is 5.75 Å². The Hall–Kier alpha value is -3.33. The monoisotopic (exact) mass is 588 g/mol. The Balaban J connectivity index is 1.49. The average Bonchev–Trinajstić information content (AvgIpc) is 3.22. The molecule has 8 nitrogen and oxygen atoms in total. The lowest BCUT2D eigenvalue weighted by Crippen LogP contribution is -2.36. The van der Waals surface area contributed by atoms with Crippen molar-refractivity contribution in [2.75, 3.05) is 19.0 Å². The Morgan fingerprint density at radius 1 is 0.976 bits per heavy atom. The molecule has 2 aliphatic carbocycles. The molecular formula is C31H38ClFN2O6. The van der Waals surface area contributed by atoms with Gasteiger partial charge in [0, 0.05) is 17.6 Å². The summed E-state index contributed by atoms with van der Waals surface area (Å²) in [7, 11) is 1.33. The minimum Gasteiger partial charge on any atom is -0.496 e. The van der Waals surface area contributed by atoms with Gasteiger partial charge in [-0.3, -0.25) is 14.4 Å². The van der Waals surface area contributed by atoms with Crippen molar-refractivity contribution in [2.45, 2.75) is 77.2 Å². The van der Waals surface area contributed by atoms with Gasteiger partial charge >= 0.3 is 5.97 Å². The highest BCUT2D eigenvalue weighted by atomic mass is 35.5. The number of anilines is 1. The molecule has 2 fully saturated rings. The molecule has 41 heavy (non-hydrogen) atoms. The van der Waals surface area contributed by atoms with Crippen molar-refractivity contribution in [2.24, 2.45) is 11.3 Å². The zero-order chi connectivity index (χ0) is 29.6. The van der Waals surface area contributed by atoms with Crippen molar-refractivity contribution < 1.29 is 33.4 Å². The molecule has 0 bridgehead atoms. The number of carboxylic acids is 1. The van der Waals surface area contributed by atoms with Crippen molar-refractivity contribution in [3.63, 3.8) is 0 Å². The van der Waals surface area contributed by atoms with Gasteiger partial charge in [-0.1, -0.05) is 37.3 Å². The minimum absolute atomic E-state index is 0.00385. The number of benzene rings is 2.